The number of benzene rings is 1. The molecule has 0 aliphatic rings. The molecule has 56 valence electrons. The molecule has 11 heavy (non-hydrogen) atoms. The van der Waals surface area contributed by atoms with Crippen LogP contribution in [0.2, 0.25) is 0 Å². The summed E-state index contributed by atoms with van der Waals surface area (Å²) in [6, 6.07) is 10.2. The molecule has 1 heteroatoms. The zero-order valence-electron chi connectivity index (χ0n) is 6.14. The van der Waals surface area contributed by atoms with Crippen LogP contribution in [0.4, 0.5) is 0 Å². The van der Waals surface area contributed by atoms with Gasteiger partial charge < -0.3 is 0 Å². The van der Waals surface area contributed by atoms with Crippen LogP contribution < -0.4 is 0 Å². The number of hydrogen-bond acceptors (Lipinski definition) is 1. The first-order valence-electron chi connectivity index (χ1n) is 3.46. The summed E-state index contributed by atoms with van der Waals surface area (Å²) in [6.45, 7) is 0. The fourth-order valence-corrected chi connectivity index (χ4v) is 0.880. The van der Waals surface area contributed by atoms with Gasteiger partial charge in [-0.1, -0.05) is 48.6 Å². The SMILES string of the molecule is S/C=C/C=C/c1ccccc1. The molecule has 0 heterocycles. The van der Waals surface area contributed by atoms with Crippen molar-refractivity contribution in [2.45, 2.75) is 0 Å². The van der Waals surface area contributed by atoms with Crippen molar-refractivity contribution in [1.82, 2.24) is 0 Å². The van der Waals surface area contributed by atoms with E-state index in [1.165, 1.54) is 5.56 Å². The summed E-state index contributed by atoms with van der Waals surface area (Å²) in [5.74, 6) is 0. The number of rotatable bonds is 2. The quantitative estimate of drug-likeness (QED) is 0.501. The Morgan fingerprint density at radius 2 is 1.73 bits per heavy atom. The summed E-state index contributed by atoms with van der Waals surface area (Å²) < 4.78 is 0. The molecule has 0 atom stereocenters. The van der Waals surface area contributed by atoms with Crippen molar-refractivity contribution >= 4 is 18.7 Å². The molecule has 0 N–H and O–H groups in total. The molecule has 0 aromatic heterocycles. The van der Waals surface area contributed by atoms with Gasteiger partial charge in [-0.15, -0.1) is 0 Å². The molecule has 0 bridgehead atoms. The van der Waals surface area contributed by atoms with Gasteiger partial charge in [-0.2, -0.15) is 12.6 Å². The van der Waals surface area contributed by atoms with Crippen LogP contribution in [0, 0.1) is 0 Å². The van der Waals surface area contributed by atoms with Gasteiger partial charge in [0.15, 0.2) is 0 Å². The van der Waals surface area contributed by atoms with E-state index in [-0.39, 0.29) is 0 Å². The smallest absolute Gasteiger partial charge is 0.0257 e. The van der Waals surface area contributed by atoms with Gasteiger partial charge in [0.25, 0.3) is 0 Å². The Labute approximate surface area is 72.7 Å². The van der Waals surface area contributed by atoms with E-state index in [2.05, 4.69) is 24.8 Å². The summed E-state index contributed by atoms with van der Waals surface area (Å²) in [7, 11) is 0. The number of hydrogen-bond donors (Lipinski definition) is 1. The summed E-state index contributed by atoms with van der Waals surface area (Å²) in [5.41, 5.74) is 1.21. The highest BCUT2D eigenvalue weighted by molar-refractivity contribution is 7.83. The standard InChI is InChI=1S/C10H10S/c11-9-5-4-8-10-6-2-1-3-7-10/h1-9,11H/b8-4+,9-5+. The molecule has 0 spiro atoms. The monoisotopic (exact) mass is 162 g/mol. The average Bonchev–Trinajstić information content (AvgIpc) is 2.07. The average molecular weight is 162 g/mol. The molecule has 1 aromatic rings. The van der Waals surface area contributed by atoms with Gasteiger partial charge >= 0.3 is 0 Å². The minimum absolute atomic E-state index is 1.21. The lowest BCUT2D eigenvalue weighted by atomic mass is 10.2. The van der Waals surface area contributed by atoms with Crippen LogP contribution in [-0.2, 0) is 0 Å². The van der Waals surface area contributed by atoms with Crippen molar-refractivity contribution in [2.24, 2.45) is 0 Å². The first kappa shape index (κ1) is 8.15. The third kappa shape index (κ3) is 3.10. The predicted molar refractivity (Wildman–Crippen MR) is 53.6 cm³/mol. The Hall–Kier alpha value is -0.950. The normalized spacial score (nSPS) is 11.4. The molecule has 0 nitrogen and oxygen atoms in total. The van der Waals surface area contributed by atoms with Crippen LogP contribution in [0.15, 0.2) is 47.9 Å². The van der Waals surface area contributed by atoms with E-state index in [1.54, 1.807) is 5.41 Å². The molecular weight excluding hydrogens is 152 g/mol. The maximum absolute atomic E-state index is 3.94. The first-order valence-corrected chi connectivity index (χ1v) is 3.97. The van der Waals surface area contributed by atoms with Crippen LogP contribution in [0.3, 0.4) is 0 Å². The third-order valence-electron chi connectivity index (χ3n) is 1.29. The van der Waals surface area contributed by atoms with Crippen LogP contribution in [0.25, 0.3) is 6.08 Å². The van der Waals surface area contributed by atoms with E-state index >= 15 is 0 Å². The lowest BCUT2D eigenvalue weighted by Gasteiger charge is -1.87. The lowest BCUT2D eigenvalue weighted by Crippen LogP contribution is -1.66. The van der Waals surface area contributed by atoms with Gasteiger partial charge in [0, 0.05) is 0 Å². The molecule has 0 saturated carbocycles. The van der Waals surface area contributed by atoms with Gasteiger partial charge in [0.2, 0.25) is 0 Å². The minimum Gasteiger partial charge on any atom is -0.151 e. The molecule has 0 saturated heterocycles. The Balaban J connectivity index is 2.64. The molecule has 1 aromatic carbocycles. The van der Waals surface area contributed by atoms with Gasteiger partial charge in [0.05, 0.1) is 0 Å². The van der Waals surface area contributed by atoms with Crippen molar-refractivity contribution in [1.29, 1.82) is 0 Å². The topological polar surface area (TPSA) is 0 Å². The summed E-state index contributed by atoms with van der Waals surface area (Å²) in [6.07, 6.45) is 5.88. The summed E-state index contributed by atoms with van der Waals surface area (Å²) >= 11 is 3.94. The third-order valence-corrected chi connectivity index (χ3v) is 1.46. The fraction of sp³-hybridized carbons (Fsp3) is 0. The number of allylic oxidation sites excluding steroid dienone is 2. The number of thiol groups is 1. The predicted octanol–water partition coefficient (Wildman–Crippen LogP) is 3.14. The van der Waals surface area contributed by atoms with E-state index in [0.717, 1.165) is 0 Å². The van der Waals surface area contributed by atoms with Crippen molar-refractivity contribution in [2.75, 3.05) is 0 Å². The molecule has 1 rings (SSSR count). The van der Waals surface area contributed by atoms with Crippen molar-refractivity contribution in [3.63, 3.8) is 0 Å². The molecule has 0 aliphatic heterocycles. The Morgan fingerprint density at radius 1 is 1.00 bits per heavy atom. The largest absolute Gasteiger partial charge is 0.151 e. The second kappa shape index (κ2) is 4.80. The Bertz CT molecular complexity index is 247. The van der Waals surface area contributed by atoms with E-state index in [4.69, 9.17) is 0 Å². The van der Waals surface area contributed by atoms with Gasteiger partial charge in [-0.25, -0.2) is 0 Å². The van der Waals surface area contributed by atoms with E-state index in [9.17, 15) is 0 Å². The van der Waals surface area contributed by atoms with Gasteiger partial charge in [0.1, 0.15) is 0 Å². The van der Waals surface area contributed by atoms with Crippen LogP contribution >= 0.6 is 12.6 Å². The van der Waals surface area contributed by atoms with Crippen molar-refractivity contribution in [3.8, 4) is 0 Å². The van der Waals surface area contributed by atoms with Crippen LogP contribution in [-0.4, -0.2) is 0 Å². The van der Waals surface area contributed by atoms with Gasteiger partial charge in [-0.3, -0.25) is 0 Å². The zero-order valence-corrected chi connectivity index (χ0v) is 7.04. The maximum atomic E-state index is 3.94. The molecular formula is C10H10S. The maximum Gasteiger partial charge on any atom is -0.0257 e. The van der Waals surface area contributed by atoms with Crippen LogP contribution in [0.1, 0.15) is 5.56 Å². The molecule has 0 aliphatic carbocycles. The zero-order chi connectivity index (χ0) is 7.94. The van der Waals surface area contributed by atoms with Crippen molar-refractivity contribution < 1.29 is 0 Å². The van der Waals surface area contributed by atoms with Crippen molar-refractivity contribution in [3.05, 3.63) is 53.5 Å². The molecule has 0 amide bonds. The van der Waals surface area contributed by atoms with E-state index in [1.807, 2.05) is 36.4 Å². The van der Waals surface area contributed by atoms with E-state index in [0.29, 0.717) is 0 Å². The minimum atomic E-state index is 1.21. The highest BCUT2D eigenvalue weighted by atomic mass is 32.1. The highest BCUT2D eigenvalue weighted by Gasteiger charge is 1.78. The second-order valence-corrected chi connectivity index (χ2v) is 2.41. The first-order chi connectivity index (χ1) is 5.43. The molecule has 0 fully saturated rings. The Kier molecular flexibility index (Phi) is 3.56. The van der Waals surface area contributed by atoms with Crippen LogP contribution in [0.5, 0.6) is 0 Å². The molecule has 0 radical (unpaired) electrons. The van der Waals surface area contributed by atoms with E-state index < -0.39 is 0 Å². The second-order valence-electron chi connectivity index (χ2n) is 2.11. The van der Waals surface area contributed by atoms with Gasteiger partial charge in [-0.05, 0) is 11.0 Å². The highest BCUT2D eigenvalue weighted by Crippen LogP contribution is 2.00. The summed E-state index contributed by atoms with van der Waals surface area (Å²) in [5, 5.41) is 1.71. The lowest BCUT2D eigenvalue weighted by molar-refractivity contribution is 1.66. The summed E-state index contributed by atoms with van der Waals surface area (Å²) in [4.78, 5) is 0. The Morgan fingerprint density at radius 3 is 2.36 bits per heavy atom. The fourth-order valence-electron chi connectivity index (χ4n) is 0.781. The molecule has 0 unspecified atom stereocenters.